The lowest BCUT2D eigenvalue weighted by Gasteiger charge is -2.30. The predicted molar refractivity (Wildman–Crippen MR) is 152 cm³/mol. The minimum atomic E-state index is -0.173. The molecular weight excluding hydrogens is 476 g/mol. The summed E-state index contributed by atoms with van der Waals surface area (Å²) in [5.74, 6) is 2.55. The monoisotopic (exact) mass is 514 g/mol. The van der Waals surface area contributed by atoms with E-state index in [-0.39, 0.29) is 12.1 Å². The molecule has 0 unspecified atom stereocenters. The fourth-order valence-electron chi connectivity index (χ4n) is 5.30. The number of amides is 2. The Morgan fingerprint density at radius 3 is 2.37 bits per heavy atom. The van der Waals surface area contributed by atoms with Crippen LogP contribution in [0, 0.1) is 0 Å². The van der Waals surface area contributed by atoms with Crippen molar-refractivity contribution in [3.05, 3.63) is 71.4 Å². The number of hydrogen-bond donors (Lipinski definition) is 3. The third-order valence-electron chi connectivity index (χ3n) is 7.34. The largest absolute Gasteiger partial charge is 0.489 e. The Hall–Kier alpha value is -3.81. The number of nitrogens with zero attached hydrogens (tertiary/aromatic N) is 3. The fourth-order valence-corrected chi connectivity index (χ4v) is 5.30. The molecule has 0 radical (unpaired) electrons. The fraction of sp³-hybridized carbons (Fsp3) is 0.433. The van der Waals surface area contributed by atoms with Crippen molar-refractivity contribution in [2.24, 2.45) is 0 Å². The number of nitrogens with one attached hydrogen (secondary N) is 3. The van der Waals surface area contributed by atoms with Gasteiger partial charge in [-0.25, -0.2) is 9.78 Å². The molecule has 2 aromatic carbocycles. The molecule has 38 heavy (non-hydrogen) atoms. The van der Waals surface area contributed by atoms with Crippen LogP contribution >= 0.6 is 0 Å². The van der Waals surface area contributed by atoms with Crippen molar-refractivity contribution in [2.45, 2.75) is 70.1 Å². The lowest BCUT2D eigenvalue weighted by atomic mass is 9.91. The van der Waals surface area contributed by atoms with Gasteiger partial charge in [-0.3, -0.25) is 0 Å². The summed E-state index contributed by atoms with van der Waals surface area (Å²) in [5, 5.41) is 9.65. The van der Waals surface area contributed by atoms with Crippen LogP contribution in [0.2, 0.25) is 0 Å². The highest BCUT2D eigenvalue weighted by atomic mass is 16.5. The topological polar surface area (TPSA) is 91.4 Å². The molecular formula is C30H38N6O2. The molecule has 8 nitrogen and oxygen atoms in total. The number of fused-ring (bicyclic) bond motifs is 1. The Bertz CT molecular complexity index is 1210. The van der Waals surface area contributed by atoms with Gasteiger partial charge in [0, 0.05) is 37.4 Å². The molecule has 0 spiro atoms. The second-order valence-electron chi connectivity index (χ2n) is 10.5. The number of anilines is 3. The first kappa shape index (κ1) is 25.8. The van der Waals surface area contributed by atoms with Crippen molar-refractivity contribution in [2.75, 3.05) is 29.6 Å². The number of benzene rings is 2. The van der Waals surface area contributed by atoms with E-state index in [1.54, 1.807) is 0 Å². The number of carbonyl (C=O) groups is 1. The SMILES string of the molecule is CN(C)c1nc(N[C@H]2CC[C@@H](NC(=O)Nc3ccc(OCc4ccccc4)cc3)CC2)nc2c1CCCC2. The van der Waals surface area contributed by atoms with Gasteiger partial charge >= 0.3 is 6.03 Å². The van der Waals surface area contributed by atoms with Crippen LogP contribution in [0.4, 0.5) is 22.2 Å². The first-order chi connectivity index (χ1) is 18.5. The summed E-state index contributed by atoms with van der Waals surface area (Å²) < 4.78 is 5.83. The zero-order valence-electron chi connectivity index (χ0n) is 22.4. The molecule has 1 saturated carbocycles. The van der Waals surface area contributed by atoms with Crippen LogP contribution in [-0.4, -0.2) is 42.2 Å². The molecule has 0 atom stereocenters. The van der Waals surface area contributed by atoms with Crippen LogP contribution < -0.4 is 25.6 Å². The minimum Gasteiger partial charge on any atom is -0.489 e. The summed E-state index contributed by atoms with van der Waals surface area (Å²) in [6.45, 7) is 0.515. The molecule has 2 amide bonds. The van der Waals surface area contributed by atoms with Crippen LogP contribution in [0.1, 0.15) is 55.3 Å². The molecule has 3 aromatic rings. The maximum Gasteiger partial charge on any atom is 0.319 e. The Kier molecular flexibility index (Phi) is 8.26. The van der Waals surface area contributed by atoms with E-state index in [1.807, 2.05) is 54.6 Å². The standard InChI is InChI=1S/C30H38N6O2/c1-36(2)28-26-10-6-7-11-27(26)34-29(35-28)31-22-12-14-23(15-13-22)32-30(37)33-24-16-18-25(19-17-24)38-20-21-8-4-3-5-9-21/h3-5,8-9,16-19,22-23H,6-7,10-15,20H2,1-2H3,(H,31,34,35)(H2,32,33,37)/t22-,23+. The van der Waals surface area contributed by atoms with Crippen molar-refractivity contribution in [3.63, 3.8) is 0 Å². The molecule has 0 bridgehead atoms. The van der Waals surface area contributed by atoms with Crippen LogP contribution in [0.5, 0.6) is 5.75 Å². The highest BCUT2D eigenvalue weighted by Gasteiger charge is 2.25. The zero-order valence-corrected chi connectivity index (χ0v) is 22.4. The highest BCUT2D eigenvalue weighted by molar-refractivity contribution is 5.89. The molecule has 5 rings (SSSR count). The number of aryl methyl sites for hydroxylation is 1. The number of hydrogen-bond acceptors (Lipinski definition) is 6. The van der Waals surface area contributed by atoms with E-state index in [2.05, 4.69) is 34.9 Å². The summed E-state index contributed by atoms with van der Waals surface area (Å²) in [5.41, 5.74) is 4.36. The van der Waals surface area contributed by atoms with E-state index in [4.69, 9.17) is 14.7 Å². The number of urea groups is 1. The summed E-state index contributed by atoms with van der Waals surface area (Å²) in [7, 11) is 4.11. The number of aromatic nitrogens is 2. The molecule has 200 valence electrons. The van der Waals surface area contributed by atoms with E-state index >= 15 is 0 Å². The van der Waals surface area contributed by atoms with Gasteiger partial charge in [-0.2, -0.15) is 4.98 Å². The maximum atomic E-state index is 12.6. The lowest BCUT2D eigenvalue weighted by molar-refractivity contribution is 0.243. The zero-order chi connectivity index (χ0) is 26.3. The van der Waals surface area contributed by atoms with Gasteiger partial charge in [0.25, 0.3) is 0 Å². The van der Waals surface area contributed by atoms with Gasteiger partial charge in [-0.15, -0.1) is 0 Å². The minimum absolute atomic E-state index is 0.156. The molecule has 8 heteroatoms. The van der Waals surface area contributed by atoms with Gasteiger partial charge in [0.2, 0.25) is 5.95 Å². The van der Waals surface area contributed by atoms with Gasteiger partial charge in [-0.1, -0.05) is 30.3 Å². The average Bonchev–Trinajstić information content (AvgIpc) is 2.94. The molecule has 1 fully saturated rings. The normalized spacial score (nSPS) is 18.7. The third-order valence-corrected chi connectivity index (χ3v) is 7.34. The molecule has 2 aliphatic rings. The van der Waals surface area contributed by atoms with Crippen molar-refractivity contribution >= 4 is 23.5 Å². The van der Waals surface area contributed by atoms with Gasteiger partial charge in [0.05, 0.1) is 5.69 Å². The van der Waals surface area contributed by atoms with Crippen molar-refractivity contribution < 1.29 is 9.53 Å². The Morgan fingerprint density at radius 2 is 1.63 bits per heavy atom. The molecule has 2 aliphatic carbocycles. The smallest absolute Gasteiger partial charge is 0.319 e. The molecule has 1 heterocycles. The third kappa shape index (κ3) is 6.73. The summed E-state index contributed by atoms with van der Waals surface area (Å²) in [4.78, 5) is 24.4. The van der Waals surface area contributed by atoms with Crippen molar-refractivity contribution in [3.8, 4) is 5.75 Å². The van der Waals surface area contributed by atoms with Gasteiger partial charge < -0.3 is 25.6 Å². The van der Waals surface area contributed by atoms with E-state index < -0.39 is 0 Å². The van der Waals surface area contributed by atoms with Crippen molar-refractivity contribution in [1.82, 2.24) is 15.3 Å². The first-order valence-corrected chi connectivity index (χ1v) is 13.7. The van der Waals surface area contributed by atoms with Gasteiger partial charge in [0.1, 0.15) is 18.2 Å². The Labute approximate surface area is 225 Å². The second-order valence-corrected chi connectivity index (χ2v) is 10.5. The van der Waals surface area contributed by atoms with E-state index in [0.717, 1.165) is 67.3 Å². The van der Waals surface area contributed by atoms with Gasteiger partial charge in [-0.05, 0) is 81.2 Å². The number of rotatable bonds is 8. The second kappa shape index (κ2) is 12.2. The summed E-state index contributed by atoms with van der Waals surface area (Å²) in [6.07, 6.45) is 8.28. The van der Waals surface area contributed by atoms with Crippen molar-refractivity contribution in [1.29, 1.82) is 0 Å². The Balaban J connectivity index is 1.07. The van der Waals surface area contributed by atoms with Crippen LogP contribution in [0.15, 0.2) is 54.6 Å². The average molecular weight is 515 g/mol. The molecule has 0 aliphatic heterocycles. The molecule has 3 N–H and O–H groups in total. The van der Waals surface area contributed by atoms with E-state index in [1.165, 1.54) is 24.1 Å². The van der Waals surface area contributed by atoms with Gasteiger partial charge in [0.15, 0.2) is 0 Å². The van der Waals surface area contributed by atoms with E-state index in [9.17, 15) is 4.79 Å². The first-order valence-electron chi connectivity index (χ1n) is 13.7. The maximum absolute atomic E-state index is 12.6. The van der Waals surface area contributed by atoms with E-state index in [0.29, 0.717) is 12.6 Å². The van der Waals surface area contributed by atoms with Crippen LogP contribution in [0.3, 0.4) is 0 Å². The summed E-state index contributed by atoms with van der Waals surface area (Å²) >= 11 is 0. The quantitative estimate of drug-likeness (QED) is 0.365. The summed E-state index contributed by atoms with van der Waals surface area (Å²) in [6, 6.07) is 17.8. The highest BCUT2D eigenvalue weighted by Crippen LogP contribution is 2.29. The van der Waals surface area contributed by atoms with Crippen LogP contribution in [0.25, 0.3) is 0 Å². The molecule has 1 aromatic heterocycles. The Morgan fingerprint density at radius 1 is 0.921 bits per heavy atom. The number of ether oxygens (including phenoxy) is 1. The number of carbonyl (C=O) groups excluding carboxylic acids is 1. The molecule has 0 saturated heterocycles. The predicted octanol–water partition coefficient (Wildman–Crippen LogP) is 5.55. The lowest BCUT2D eigenvalue weighted by Crippen LogP contribution is -2.42. The van der Waals surface area contributed by atoms with Crippen LogP contribution in [-0.2, 0) is 19.4 Å².